The van der Waals surface area contributed by atoms with E-state index < -0.39 is 14.4 Å². The van der Waals surface area contributed by atoms with E-state index in [0.717, 1.165) is 12.8 Å². The van der Waals surface area contributed by atoms with Crippen molar-refractivity contribution >= 4 is 13.7 Å². The average molecular weight is 332 g/mol. The first-order valence-corrected chi connectivity index (χ1v) is 8.17. The van der Waals surface area contributed by atoms with Crippen LogP contribution in [-0.4, -0.2) is 38.8 Å². The van der Waals surface area contributed by atoms with E-state index in [9.17, 15) is 9.67 Å². The van der Waals surface area contributed by atoms with Gasteiger partial charge in [-0.25, -0.2) is 4.57 Å². The Morgan fingerprint density at radius 1 is 1.45 bits per heavy atom. The van der Waals surface area contributed by atoms with Crippen LogP contribution in [0.5, 0.6) is 5.75 Å². The molecule has 22 heavy (non-hydrogen) atoms. The minimum Gasteiger partial charge on any atom is -0.505 e. The smallest absolute Gasteiger partial charge is 0.469 e. The number of phosphoric acid groups is 1. The van der Waals surface area contributed by atoms with E-state index in [-0.39, 0.29) is 22.7 Å². The highest BCUT2D eigenvalue weighted by Crippen LogP contribution is 2.38. The molecule has 0 fully saturated rings. The van der Waals surface area contributed by atoms with Crippen LogP contribution in [0, 0.1) is 6.92 Å². The largest absolute Gasteiger partial charge is 0.505 e. The Balaban J connectivity index is 3.03. The Kier molecular flexibility index (Phi) is 6.92. The molecule has 0 amide bonds. The fourth-order valence-corrected chi connectivity index (χ4v) is 2.02. The van der Waals surface area contributed by atoms with Gasteiger partial charge in [0.05, 0.1) is 17.9 Å². The molecule has 0 aliphatic heterocycles. The van der Waals surface area contributed by atoms with Gasteiger partial charge in [-0.05, 0) is 26.3 Å². The molecule has 1 aromatic rings. The minimum atomic E-state index is -4.64. The Bertz CT molecular complexity index is 587. The van der Waals surface area contributed by atoms with E-state index >= 15 is 0 Å². The van der Waals surface area contributed by atoms with Crippen molar-refractivity contribution in [3.05, 3.63) is 23.0 Å². The molecule has 0 saturated heterocycles. The molecular formula is C12H21N4O5P. The number of aromatic hydroxyl groups is 1. The molecule has 7 N–H and O–H groups in total. The van der Waals surface area contributed by atoms with E-state index in [1.807, 2.05) is 0 Å². The van der Waals surface area contributed by atoms with Crippen molar-refractivity contribution in [3.8, 4) is 5.75 Å². The molecule has 0 spiro atoms. The van der Waals surface area contributed by atoms with Crippen molar-refractivity contribution in [1.82, 2.24) is 4.98 Å². The number of amidine groups is 1. The number of aromatic nitrogens is 1. The highest BCUT2D eigenvalue weighted by molar-refractivity contribution is 7.46. The summed E-state index contributed by atoms with van der Waals surface area (Å²) in [5.41, 5.74) is 12.0. The van der Waals surface area contributed by atoms with Crippen molar-refractivity contribution in [2.45, 2.75) is 26.4 Å². The van der Waals surface area contributed by atoms with E-state index in [0.29, 0.717) is 18.8 Å². The number of hydrogen-bond donors (Lipinski definition) is 5. The maximum absolute atomic E-state index is 10.8. The molecule has 1 rings (SSSR count). The third-order valence-electron chi connectivity index (χ3n) is 2.85. The number of pyridine rings is 1. The molecule has 1 aromatic heterocycles. The lowest BCUT2D eigenvalue weighted by Gasteiger charge is -2.13. The molecule has 10 heteroatoms. The van der Waals surface area contributed by atoms with Gasteiger partial charge in [0.15, 0.2) is 0 Å². The zero-order chi connectivity index (χ0) is 16.8. The van der Waals surface area contributed by atoms with Crippen LogP contribution < -0.4 is 11.5 Å². The number of nitrogens with two attached hydrogens (primary N) is 2. The van der Waals surface area contributed by atoms with Gasteiger partial charge in [0, 0.05) is 18.3 Å². The molecule has 0 aliphatic carbocycles. The van der Waals surface area contributed by atoms with E-state index in [1.54, 1.807) is 6.92 Å². The van der Waals surface area contributed by atoms with Crippen LogP contribution in [0.25, 0.3) is 0 Å². The summed E-state index contributed by atoms with van der Waals surface area (Å²) >= 11 is 0. The molecule has 0 unspecified atom stereocenters. The van der Waals surface area contributed by atoms with E-state index in [2.05, 4.69) is 14.5 Å². The summed E-state index contributed by atoms with van der Waals surface area (Å²) in [6.45, 7) is 2.12. The topological polar surface area (TPSA) is 164 Å². The van der Waals surface area contributed by atoms with Gasteiger partial charge in [-0.3, -0.25) is 14.5 Å². The molecule has 0 bridgehead atoms. The second-order valence-corrected chi connectivity index (χ2v) is 5.86. The molecule has 0 aliphatic rings. The molecule has 0 radical (unpaired) electrons. The maximum Gasteiger partial charge on any atom is 0.469 e. The van der Waals surface area contributed by atoms with Crippen LogP contribution in [0.1, 0.15) is 29.7 Å². The number of phosphoric ester groups is 1. The van der Waals surface area contributed by atoms with Gasteiger partial charge in [0.1, 0.15) is 11.6 Å². The Morgan fingerprint density at radius 2 is 2.14 bits per heavy atom. The SMILES string of the molecule is Cc1ncc(COP(=O)(O)O)c(C(N)=NCCCCN)c1O. The lowest BCUT2D eigenvalue weighted by atomic mass is 10.1. The first-order chi connectivity index (χ1) is 10.3. The number of rotatable bonds is 8. The van der Waals surface area contributed by atoms with Gasteiger partial charge in [0.2, 0.25) is 0 Å². The third-order valence-corrected chi connectivity index (χ3v) is 3.32. The molecule has 1 heterocycles. The minimum absolute atomic E-state index is 0.0596. The summed E-state index contributed by atoms with van der Waals surface area (Å²) in [6, 6.07) is 0. The Labute approximate surface area is 128 Å². The molecule has 0 aromatic carbocycles. The van der Waals surface area contributed by atoms with Crippen LogP contribution in [0.4, 0.5) is 0 Å². The summed E-state index contributed by atoms with van der Waals surface area (Å²) < 4.78 is 15.2. The van der Waals surface area contributed by atoms with Crippen LogP contribution in [0.2, 0.25) is 0 Å². The summed E-state index contributed by atoms with van der Waals surface area (Å²) in [5.74, 6) is -0.128. The quantitative estimate of drug-likeness (QED) is 0.194. The van der Waals surface area contributed by atoms with E-state index in [4.69, 9.17) is 21.3 Å². The summed E-state index contributed by atoms with van der Waals surface area (Å²) in [7, 11) is -4.64. The zero-order valence-electron chi connectivity index (χ0n) is 12.3. The molecule has 0 atom stereocenters. The monoisotopic (exact) mass is 332 g/mol. The van der Waals surface area contributed by atoms with Gasteiger partial charge < -0.3 is 26.4 Å². The van der Waals surface area contributed by atoms with Crippen molar-refractivity contribution in [3.63, 3.8) is 0 Å². The standard InChI is InChI=1S/C12H21N4O5P/c1-8-11(17)10(12(14)15-5-3-2-4-13)9(6-16-8)7-21-22(18,19)20/h6,17H,2-5,7,13H2,1H3,(H2,14,15)(H2,18,19,20). The third kappa shape index (κ3) is 5.70. The predicted octanol–water partition coefficient (Wildman–Crippen LogP) is 0.149. The van der Waals surface area contributed by atoms with Crippen LogP contribution in [0.15, 0.2) is 11.2 Å². The first kappa shape index (κ1) is 18.5. The van der Waals surface area contributed by atoms with Crippen molar-refractivity contribution in [2.75, 3.05) is 13.1 Å². The van der Waals surface area contributed by atoms with E-state index in [1.165, 1.54) is 6.20 Å². The average Bonchev–Trinajstić information content (AvgIpc) is 2.43. The highest BCUT2D eigenvalue weighted by Gasteiger charge is 2.19. The number of hydrogen-bond acceptors (Lipinski definition) is 6. The Hall–Kier alpha value is -1.51. The van der Waals surface area contributed by atoms with Gasteiger partial charge in [-0.15, -0.1) is 0 Å². The summed E-state index contributed by atoms with van der Waals surface area (Å²) in [6.07, 6.45) is 2.88. The van der Waals surface area contributed by atoms with Gasteiger partial charge in [-0.1, -0.05) is 0 Å². The Morgan fingerprint density at radius 3 is 2.73 bits per heavy atom. The van der Waals surface area contributed by atoms with Crippen LogP contribution in [0.3, 0.4) is 0 Å². The zero-order valence-corrected chi connectivity index (χ0v) is 13.2. The number of unbranched alkanes of at least 4 members (excludes halogenated alkanes) is 1. The number of aryl methyl sites for hydroxylation is 1. The molecule has 0 saturated carbocycles. The summed E-state index contributed by atoms with van der Waals surface area (Å²) in [4.78, 5) is 25.6. The molecule has 124 valence electrons. The van der Waals surface area contributed by atoms with Gasteiger partial charge in [-0.2, -0.15) is 0 Å². The molecule has 9 nitrogen and oxygen atoms in total. The van der Waals surface area contributed by atoms with Gasteiger partial charge in [0.25, 0.3) is 0 Å². The fraction of sp³-hybridized carbons (Fsp3) is 0.500. The second kappa shape index (κ2) is 8.21. The van der Waals surface area contributed by atoms with Crippen LogP contribution in [-0.2, 0) is 15.7 Å². The van der Waals surface area contributed by atoms with Crippen molar-refractivity contribution in [2.24, 2.45) is 16.5 Å². The first-order valence-electron chi connectivity index (χ1n) is 6.64. The van der Waals surface area contributed by atoms with Crippen molar-refractivity contribution < 1.29 is 24.0 Å². The maximum atomic E-state index is 10.8. The molecular weight excluding hydrogens is 311 g/mol. The summed E-state index contributed by atoms with van der Waals surface area (Å²) in [5, 5.41) is 10.1. The highest BCUT2D eigenvalue weighted by atomic mass is 31.2. The predicted molar refractivity (Wildman–Crippen MR) is 81.4 cm³/mol. The lowest BCUT2D eigenvalue weighted by Crippen LogP contribution is -2.18. The number of nitrogens with zero attached hydrogens (tertiary/aromatic N) is 2. The van der Waals surface area contributed by atoms with Crippen LogP contribution >= 0.6 is 7.82 Å². The fourth-order valence-electron chi connectivity index (χ4n) is 1.72. The lowest BCUT2D eigenvalue weighted by molar-refractivity contribution is 0.188. The van der Waals surface area contributed by atoms with Gasteiger partial charge >= 0.3 is 7.82 Å². The normalized spacial score (nSPS) is 12.6. The second-order valence-electron chi connectivity index (χ2n) is 4.62. The number of aliphatic imine (C=N–C) groups is 1. The van der Waals surface area contributed by atoms with Crippen molar-refractivity contribution in [1.29, 1.82) is 0 Å².